The Morgan fingerprint density at radius 3 is 2.00 bits per heavy atom. The molecule has 0 aliphatic carbocycles. The Labute approximate surface area is 125 Å². The molecule has 0 aliphatic rings. The molecule has 0 radical (unpaired) electrons. The third-order valence-electron chi connectivity index (χ3n) is 3.60. The number of nitrogens with two attached hydrogens (primary N) is 1. The summed E-state index contributed by atoms with van der Waals surface area (Å²) in [7, 11) is 0. The summed E-state index contributed by atoms with van der Waals surface area (Å²) in [6.07, 6.45) is 14.9. The Hall–Kier alpha value is -0.570. The molecule has 0 heterocycles. The normalized spacial score (nSPS) is 10.7. The first-order chi connectivity index (χ1) is 9.81. The van der Waals surface area contributed by atoms with Crippen molar-refractivity contribution in [3.63, 3.8) is 0 Å². The highest BCUT2D eigenvalue weighted by atomic mass is 16.5. The number of carbonyl (C=O) groups excluding carboxylic acids is 1. The van der Waals surface area contributed by atoms with E-state index in [1.807, 2.05) is 0 Å². The fourth-order valence-corrected chi connectivity index (χ4v) is 2.26. The van der Waals surface area contributed by atoms with Gasteiger partial charge in [0.05, 0.1) is 6.61 Å². The van der Waals surface area contributed by atoms with Crippen molar-refractivity contribution in [3.05, 3.63) is 0 Å². The first-order valence-electron chi connectivity index (χ1n) is 8.67. The average molecular weight is 285 g/mol. The predicted octanol–water partition coefficient (Wildman–Crippen LogP) is 4.58. The highest BCUT2D eigenvalue weighted by molar-refractivity contribution is 5.69. The lowest BCUT2D eigenvalue weighted by Gasteiger charge is -2.05. The number of esters is 1. The van der Waals surface area contributed by atoms with Gasteiger partial charge in [-0.25, -0.2) is 0 Å². The van der Waals surface area contributed by atoms with Crippen LogP contribution in [-0.4, -0.2) is 19.1 Å². The number of unbranched alkanes of at least 4 members (excludes halogenated alkanes) is 10. The summed E-state index contributed by atoms with van der Waals surface area (Å²) in [5.74, 6) is -0.0187. The summed E-state index contributed by atoms with van der Waals surface area (Å²) in [4.78, 5) is 11.5. The van der Waals surface area contributed by atoms with E-state index < -0.39 is 0 Å². The Morgan fingerprint density at radius 1 is 0.800 bits per heavy atom. The lowest BCUT2D eigenvalue weighted by molar-refractivity contribution is -0.143. The second-order valence-electron chi connectivity index (χ2n) is 5.65. The third-order valence-corrected chi connectivity index (χ3v) is 3.60. The van der Waals surface area contributed by atoms with Gasteiger partial charge in [-0.2, -0.15) is 0 Å². The maximum atomic E-state index is 11.5. The van der Waals surface area contributed by atoms with Gasteiger partial charge in [-0.3, -0.25) is 4.79 Å². The van der Waals surface area contributed by atoms with Crippen LogP contribution in [0.1, 0.15) is 90.4 Å². The van der Waals surface area contributed by atoms with Crippen molar-refractivity contribution in [1.82, 2.24) is 0 Å². The first-order valence-corrected chi connectivity index (χ1v) is 8.67. The molecule has 0 spiro atoms. The molecule has 0 aromatic carbocycles. The second kappa shape index (κ2) is 16.5. The van der Waals surface area contributed by atoms with Crippen LogP contribution in [0.25, 0.3) is 0 Å². The number of hydrogen-bond acceptors (Lipinski definition) is 3. The van der Waals surface area contributed by atoms with Crippen molar-refractivity contribution in [3.8, 4) is 0 Å². The highest BCUT2D eigenvalue weighted by Crippen LogP contribution is 2.08. The van der Waals surface area contributed by atoms with Gasteiger partial charge in [0.2, 0.25) is 0 Å². The van der Waals surface area contributed by atoms with E-state index in [1.165, 1.54) is 51.4 Å². The molecule has 0 fully saturated rings. The van der Waals surface area contributed by atoms with Crippen LogP contribution in [-0.2, 0) is 9.53 Å². The Kier molecular flexibility index (Phi) is 16.0. The molecule has 0 saturated carbocycles. The quantitative estimate of drug-likeness (QED) is 0.354. The maximum absolute atomic E-state index is 11.5. The Balaban J connectivity index is 3.12. The summed E-state index contributed by atoms with van der Waals surface area (Å²) >= 11 is 0. The van der Waals surface area contributed by atoms with Crippen LogP contribution in [0.15, 0.2) is 0 Å². The number of carbonyl (C=O) groups is 1. The van der Waals surface area contributed by atoms with E-state index in [2.05, 4.69) is 6.92 Å². The summed E-state index contributed by atoms with van der Waals surface area (Å²) in [6.45, 7) is 3.62. The van der Waals surface area contributed by atoms with E-state index in [0.29, 0.717) is 13.0 Å². The molecule has 0 unspecified atom stereocenters. The van der Waals surface area contributed by atoms with Crippen LogP contribution in [0.4, 0.5) is 0 Å². The van der Waals surface area contributed by atoms with Crippen LogP contribution in [0, 0.1) is 0 Å². The lowest BCUT2D eigenvalue weighted by Crippen LogP contribution is -2.05. The molecule has 0 bridgehead atoms. The second-order valence-corrected chi connectivity index (χ2v) is 5.65. The SMILES string of the molecule is CCCCCCCCCOC(=O)CCCCCCCN. The minimum absolute atomic E-state index is 0.0187. The standard InChI is InChI=1S/C17H35NO2/c1-2-3-4-5-6-10-13-16-20-17(19)14-11-8-7-9-12-15-18/h2-16,18H2,1H3. The molecule has 0 aliphatic heterocycles. The molecule has 0 amide bonds. The molecule has 0 atom stereocenters. The molecule has 0 saturated heterocycles. The van der Waals surface area contributed by atoms with Gasteiger partial charge < -0.3 is 10.5 Å². The van der Waals surface area contributed by atoms with E-state index in [0.717, 1.165) is 32.2 Å². The van der Waals surface area contributed by atoms with Crippen molar-refractivity contribution < 1.29 is 9.53 Å². The van der Waals surface area contributed by atoms with Crippen molar-refractivity contribution in [2.24, 2.45) is 5.73 Å². The zero-order chi connectivity index (χ0) is 14.9. The minimum atomic E-state index is -0.0187. The van der Waals surface area contributed by atoms with Crippen LogP contribution in [0.5, 0.6) is 0 Å². The maximum Gasteiger partial charge on any atom is 0.305 e. The van der Waals surface area contributed by atoms with Crippen molar-refractivity contribution >= 4 is 5.97 Å². The highest BCUT2D eigenvalue weighted by Gasteiger charge is 2.02. The molecule has 3 heteroatoms. The van der Waals surface area contributed by atoms with Gasteiger partial charge in [-0.1, -0.05) is 64.7 Å². The molecule has 3 nitrogen and oxygen atoms in total. The van der Waals surface area contributed by atoms with Crippen LogP contribution < -0.4 is 5.73 Å². The monoisotopic (exact) mass is 285 g/mol. The molecule has 0 aromatic heterocycles. The van der Waals surface area contributed by atoms with E-state index in [1.54, 1.807) is 0 Å². The van der Waals surface area contributed by atoms with E-state index in [4.69, 9.17) is 10.5 Å². The predicted molar refractivity (Wildman–Crippen MR) is 85.7 cm³/mol. The molecule has 20 heavy (non-hydrogen) atoms. The average Bonchev–Trinajstić information content (AvgIpc) is 2.45. The number of ether oxygens (including phenoxy) is 1. The molecule has 0 aromatic rings. The summed E-state index contributed by atoms with van der Waals surface area (Å²) in [6, 6.07) is 0. The van der Waals surface area contributed by atoms with Crippen molar-refractivity contribution in [1.29, 1.82) is 0 Å². The van der Waals surface area contributed by atoms with Gasteiger partial charge in [0.1, 0.15) is 0 Å². The lowest BCUT2D eigenvalue weighted by atomic mass is 10.1. The largest absolute Gasteiger partial charge is 0.466 e. The molecular weight excluding hydrogens is 250 g/mol. The van der Waals surface area contributed by atoms with Crippen molar-refractivity contribution in [2.45, 2.75) is 90.4 Å². The summed E-state index contributed by atoms with van der Waals surface area (Å²) in [5.41, 5.74) is 5.43. The van der Waals surface area contributed by atoms with E-state index >= 15 is 0 Å². The van der Waals surface area contributed by atoms with Gasteiger partial charge in [0.15, 0.2) is 0 Å². The van der Waals surface area contributed by atoms with E-state index in [9.17, 15) is 4.79 Å². The van der Waals surface area contributed by atoms with Gasteiger partial charge in [0, 0.05) is 6.42 Å². The molecule has 0 rings (SSSR count). The number of hydrogen-bond donors (Lipinski definition) is 1. The molecule has 2 N–H and O–H groups in total. The van der Waals surface area contributed by atoms with Gasteiger partial charge >= 0.3 is 5.97 Å². The minimum Gasteiger partial charge on any atom is -0.466 e. The fourth-order valence-electron chi connectivity index (χ4n) is 2.26. The number of rotatable bonds is 15. The third kappa shape index (κ3) is 15.5. The first kappa shape index (κ1) is 19.4. The van der Waals surface area contributed by atoms with Gasteiger partial charge in [0.25, 0.3) is 0 Å². The zero-order valence-corrected chi connectivity index (χ0v) is 13.5. The Morgan fingerprint density at radius 2 is 1.35 bits per heavy atom. The molecule has 120 valence electrons. The zero-order valence-electron chi connectivity index (χ0n) is 13.5. The van der Waals surface area contributed by atoms with Crippen molar-refractivity contribution in [2.75, 3.05) is 13.2 Å². The van der Waals surface area contributed by atoms with Crippen LogP contribution >= 0.6 is 0 Å². The fraction of sp³-hybridized carbons (Fsp3) is 0.941. The van der Waals surface area contributed by atoms with Crippen LogP contribution in [0.2, 0.25) is 0 Å². The van der Waals surface area contributed by atoms with E-state index in [-0.39, 0.29) is 5.97 Å². The summed E-state index contributed by atoms with van der Waals surface area (Å²) in [5, 5.41) is 0. The van der Waals surface area contributed by atoms with Crippen LogP contribution in [0.3, 0.4) is 0 Å². The summed E-state index contributed by atoms with van der Waals surface area (Å²) < 4.78 is 5.24. The van der Waals surface area contributed by atoms with Gasteiger partial charge in [-0.05, 0) is 25.8 Å². The Bertz CT molecular complexity index is 207. The molecular formula is C17H35NO2. The van der Waals surface area contributed by atoms with Gasteiger partial charge in [-0.15, -0.1) is 0 Å². The smallest absolute Gasteiger partial charge is 0.305 e. The topological polar surface area (TPSA) is 52.3 Å².